The van der Waals surface area contributed by atoms with Crippen LogP contribution in [0.25, 0.3) is 11.6 Å². The molecule has 1 N–H and O–H groups in total. The van der Waals surface area contributed by atoms with Crippen LogP contribution in [0.15, 0.2) is 24.3 Å². The van der Waals surface area contributed by atoms with E-state index in [9.17, 15) is 9.59 Å². The number of carbonyl (C=O) groups is 2. The standard InChI is InChI=1S/C11H8O3/c12-8-5-7-3-1-2-4-9(7)10(6-8)11(13)14/h1-5H,6H2,(H,13,14). The van der Waals surface area contributed by atoms with E-state index in [0.717, 1.165) is 0 Å². The number of ketones is 1. The first kappa shape index (κ1) is 8.69. The van der Waals surface area contributed by atoms with Gasteiger partial charge in [0.15, 0.2) is 5.78 Å². The van der Waals surface area contributed by atoms with Crippen molar-refractivity contribution in [3.05, 3.63) is 34.7 Å². The number of Topliss-reactive ketones (excluding diaryl/α,β-unsaturated/α-hetero) is 1. The summed E-state index contributed by atoms with van der Waals surface area (Å²) in [6, 6.07) is 7.02. The van der Waals surface area contributed by atoms with Crippen molar-refractivity contribution < 1.29 is 14.7 Å². The largest absolute Gasteiger partial charge is 0.478 e. The third-order valence-corrected chi connectivity index (χ3v) is 2.21. The highest BCUT2D eigenvalue weighted by Gasteiger charge is 2.15. The molecular formula is C11H8O3. The van der Waals surface area contributed by atoms with Gasteiger partial charge in [0.25, 0.3) is 0 Å². The van der Waals surface area contributed by atoms with E-state index in [-0.39, 0.29) is 17.8 Å². The fraction of sp³-hybridized carbons (Fsp3) is 0.0909. The summed E-state index contributed by atoms with van der Waals surface area (Å²) in [5.41, 5.74) is 0.188. The maximum atomic E-state index is 11.2. The normalized spacial score (nSPS) is 14.6. The van der Waals surface area contributed by atoms with Gasteiger partial charge in [-0.3, -0.25) is 4.79 Å². The van der Waals surface area contributed by atoms with Crippen LogP contribution in [0.5, 0.6) is 0 Å². The first-order valence-corrected chi connectivity index (χ1v) is 4.24. The lowest BCUT2D eigenvalue weighted by atomic mass is 9.99. The third-order valence-electron chi connectivity index (χ3n) is 2.21. The van der Waals surface area contributed by atoms with Crippen molar-refractivity contribution in [1.82, 2.24) is 0 Å². The molecule has 0 amide bonds. The second kappa shape index (κ2) is 3.10. The molecule has 1 aliphatic rings. The zero-order valence-corrected chi connectivity index (χ0v) is 7.36. The Morgan fingerprint density at radius 1 is 1.29 bits per heavy atom. The molecule has 0 aliphatic heterocycles. The Morgan fingerprint density at radius 2 is 2.00 bits per heavy atom. The average molecular weight is 188 g/mol. The van der Waals surface area contributed by atoms with E-state index in [4.69, 9.17) is 5.11 Å². The fourth-order valence-corrected chi connectivity index (χ4v) is 1.58. The predicted octanol–water partition coefficient (Wildman–Crippen LogP) is -0.325. The van der Waals surface area contributed by atoms with Gasteiger partial charge >= 0.3 is 5.97 Å². The van der Waals surface area contributed by atoms with Crippen LogP contribution in [0.2, 0.25) is 0 Å². The lowest BCUT2D eigenvalue weighted by molar-refractivity contribution is -0.131. The van der Waals surface area contributed by atoms with Crippen LogP contribution < -0.4 is 10.4 Å². The highest BCUT2D eigenvalue weighted by atomic mass is 16.4. The lowest BCUT2D eigenvalue weighted by Gasteiger charge is -2.05. The Labute approximate surface area is 80.0 Å². The molecule has 1 aromatic carbocycles. The zero-order chi connectivity index (χ0) is 10.1. The Morgan fingerprint density at radius 3 is 2.71 bits per heavy atom. The molecular weight excluding hydrogens is 180 g/mol. The van der Waals surface area contributed by atoms with Crippen LogP contribution >= 0.6 is 0 Å². The number of carbonyl (C=O) groups excluding carboxylic acids is 1. The summed E-state index contributed by atoms with van der Waals surface area (Å²) >= 11 is 0. The number of carboxylic acids is 1. The monoisotopic (exact) mass is 188 g/mol. The molecule has 0 atom stereocenters. The maximum Gasteiger partial charge on any atom is 0.332 e. The van der Waals surface area contributed by atoms with Crippen LogP contribution in [0, 0.1) is 0 Å². The second-order valence-electron chi connectivity index (χ2n) is 3.16. The fourth-order valence-electron chi connectivity index (χ4n) is 1.58. The molecule has 1 aliphatic carbocycles. The summed E-state index contributed by atoms with van der Waals surface area (Å²) in [6.07, 6.45) is 1.48. The van der Waals surface area contributed by atoms with Crippen molar-refractivity contribution in [2.45, 2.75) is 6.42 Å². The van der Waals surface area contributed by atoms with Crippen LogP contribution in [0.4, 0.5) is 0 Å². The number of fused-ring (bicyclic) bond motifs is 1. The third kappa shape index (κ3) is 1.33. The number of carboxylic acid groups (broad SMARTS) is 1. The van der Waals surface area contributed by atoms with Crippen molar-refractivity contribution in [1.29, 1.82) is 0 Å². The summed E-state index contributed by atoms with van der Waals surface area (Å²) in [7, 11) is 0. The van der Waals surface area contributed by atoms with Crippen LogP contribution in [-0.4, -0.2) is 16.9 Å². The minimum atomic E-state index is -1.01. The van der Waals surface area contributed by atoms with Gasteiger partial charge in [0, 0.05) is 6.42 Å². The Hall–Kier alpha value is -1.90. The molecule has 70 valence electrons. The van der Waals surface area contributed by atoms with E-state index in [0.29, 0.717) is 10.4 Å². The van der Waals surface area contributed by atoms with E-state index >= 15 is 0 Å². The summed E-state index contributed by atoms with van der Waals surface area (Å²) in [5, 5.41) is 10.2. The molecule has 3 nitrogen and oxygen atoms in total. The van der Waals surface area contributed by atoms with Gasteiger partial charge in [-0.1, -0.05) is 24.3 Å². The van der Waals surface area contributed by atoms with E-state index in [1.807, 2.05) is 0 Å². The van der Waals surface area contributed by atoms with Gasteiger partial charge in [0.2, 0.25) is 0 Å². The molecule has 14 heavy (non-hydrogen) atoms. The molecule has 0 spiro atoms. The molecule has 0 fully saturated rings. The van der Waals surface area contributed by atoms with Crippen LogP contribution in [0.1, 0.15) is 6.42 Å². The first-order valence-electron chi connectivity index (χ1n) is 4.24. The molecule has 0 heterocycles. The Bertz CT molecular complexity index is 526. The number of benzene rings is 1. The molecule has 0 bridgehead atoms. The summed E-state index contributed by atoms with van der Waals surface area (Å²) in [4.78, 5) is 22.1. The summed E-state index contributed by atoms with van der Waals surface area (Å²) < 4.78 is 0. The molecule has 0 unspecified atom stereocenters. The van der Waals surface area contributed by atoms with Crippen molar-refractivity contribution in [3.63, 3.8) is 0 Å². The summed E-state index contributed by atoms with van der Waals surface area (Å²) in [6.45, 7) is 0. The van der Waals surface area contributed by atoms with Crippen LogP contribution in [-0.2, 0) is 9.59 Å². The van der Waals surface area contributed by atoms with Gasteiger partial charge in [-0.25, -0.2) is 4.79 Å². The quantitative estimate of drug-likeness (QED) is 0.656. The van der Waals surface area contributed by atoms with Gasteiger partial charge in [0.05, 0.1) is 5.57 Å². The molecule has 0 saturated carbocycles. The highest BCUT2D eigenvalue weighted by molar-refractivity contribution is 6.21. The van der Waals surface area contributed by atoms with Gasteiger partial charge in [-0.05, 0) is 16.5 Å². The van der Waals surface area contributed by atoms with Crippen molar-refractivity contribution in [3.8, 4) is 0 Å². The molecule has 3 heteroatoms. The molecule has 0 radical (unpaired) electrons. The minimum absolute atomic E-state index is 0.00759. The highest BCUT2D eigenvalue weighted by Crippen LogP contribution is 2.04. The topological polar surface area (TPSA) is 54.4 Å². The van der Waals surface area contributed by atoms with Gasteiger partial charge in [-0.15, -0.1) is 0 Å². The number of aliphatic carboxylic acids is 1. The van der Waals surface area contributed by atoms with Crippen molar-refractivity contribution in [2.24, 2.45) is 0 Å². The SMILES string of the molecule is O=C1C=c2ccccc2=C(C(=O)O)C1. The molecule has 0 saturated heterocycles. The molecule has 2 rings (SSSR count). The number of hydrogen-bond acceptors (Lipinski definition) is 2. The first-order chi connectivity index (χ1) is 6.68. The van der Waals surface area contributed by atoms with Gasteiger partial charge in [-0.2, -0.15) is 0 Å². The van der Waals surface area contributed by atoms with Crippen LogP contribution in [0.3, 0.4) is 0 Å². The van der Waals surface area contributed by atoms with Gasteiger partial charge < -0.3 is 5.11 Å². The number of hydrogen-bond donors (Lipinski definition) is 1. The number of rotatable bonds is 1. The minimum Gasteiger partial charge on any atom is -0.478 e. The van der Waals surface area contributed by atoms with E-state index in [2.05, 4.69) is 0 Å². The predicted molar refractivity (Wildman–Crippen MR) is 50.8 cm³/mol. The summed E-state index contributed by atoms with van der Waals surface area (Å²) in [5.74, 6) is -1.17. The van der Waals surface area contributed by atoms with Crippen molar-refractivity contribution >= 4 is 23.4 Å². The van der Waals surface area contributed by atoms with Crippen molar-refractivity contribution in [2.75, 3.05) is 0 Å². The maximum absolute atomic E-state index is 11.2. The Balaban J connectivity index is 2.87. The molecule has 0 aromatic heterocycles. The lowest BCUT2D eigenvalue weighted by Crippen LogP contribution is -2.34. The zero-order valence-electron chi connectivity index (χ0n) is 7.36. The van der Waals surface area contributed by atoms with E-state index < -0.39 is 5.97 Å². The Kier molecular flexibility index (Phi) is 1.93. The second-order valence-corrected chi connectivity index (χ2v) is 3.16. The van der Waals surface area contributed by atoms with Gasteiger partial charge in [0.1, 0.15) is 0 Å². The van der Waals surface area contributed by atoms with E-state index in [1.165, 1.54) is 6.08 Å². The van der Waals surface area contributed by atoms with E-state index in [1.54, 1.807) is 24.3 Å². The smallest absolute Gasteiger partial charge is 0.332 e. The average Bonchev–Trinajstić information content (AvgIpc) is 2.16. The molecule has 1 aromatic rings.